The highest BCUT2D eigenvalue weighted by Crippen LogP contribution is 2.41. The average Bonchev–Trinajstić information content (AvgIpc) is 3.12. The number of aryl methyl sites for hydroxylation is 1. The summed E-state index contributed by atoms with van der Waals surface area (Å²) in [6.45, 7) is 7.70. The van der Waals surface area contributed by atoms with E-state index in [1.165, 1.54) is 36.2 Å². The van der Waals surface area contributed by atoms with E-state index in [0.29, 0.717) is 29.9 Å². The van der Waals surface area contributed by atoms with Crippen LogP contribution in [0.1, 0.15) is 42.8 Å². The van der Waals surface area contributed by atoms with E-state index in [9.17, 15) is 9.59 Å². The number of thioether (sulfide) groups is 1. The average molecular weight is 428 g/mol. The number of hydrogen-bond acceptors (Lipinski definition) is 6. The van der Waals surface area contributed by atoms with Crippen molar-refractivity contribution in [1.82, 2.24) is 10.3 Å². The monoisotopic (exact) mass is 427 g/mol. The van der Waals surface area contributed by atoms with Crippen LogP contribution in [-0.4, -0.2) is 28.6 Å². The molecule has 2 aromatic carbocycles. The number of ether oxygens (including phenoxy) is 2. The molecule has 1 atom stereocenters. The zero-order valence-corrected chi connectivity index (χ0v) is 18.3. The zero-order valence-electron chi connectivity index (χ0n) is 17.5. The van der Waals surface area contributed by atoms with Crippen LogP contribution in [0.4, 0.5) is 0 Å². The Morgan fingerprint density at radius 2 is 1.83 bits per heavy atom. The fourth-order valence-corrected chi connectivity index (χ4v) is 4.02. The molecule has 0 fully saturated rings. The van der Waals surface area contributed by atoms with Gasteiger partial charge in [0.05, 0.1) is 6.61 Å². The second-order valence-electron chi connectivity index (χ2n) is 6.83. The molecule has 1 aliphatic rings. The number of hydrogen-bond donors (Lipinski definition) is 1. The van der Waals surface area contributed by atoms with E-state index >= 15 is 0 Å². The maximum atomic E-state index is 12.1. The number of amides is 2. The number of nitrogens with zero attached hydrogens (tertiary/aromatic N) is 2. The molecule has 2 aromatic rings. The predicted octanol–water partition coefficient (Wildman–Crippen LogP) is 3.97. The molecular formula is C22H25N3O4S. The predicted molar refractivity (Wildman–Crippen MR) is 117 cm³/mol. The molecule has 1 aliphatic heterocycles. The van der Waals surface area contributed by atoms with Crippen molar-refractivity contribution in [2.75, 3.05) is 6.61 Å². The van der Waals surface area contributed by atoms with Crippen LogP contribution in [0.3, 0.4) is 0 Å². The van der Waals surface area contributed by atoms with E-state index in [1.807, 2.05) is 56.3 Å². The standard InChI is InChI=1S/C22H25N3O4S/c1-5-28-20-12-18(21-25(16(4)27)24-22(30-21)23-15(3)26)10-11-19(20)29-13-17-8-6-14(2)7-9-17/h6-12,21H,5,13H2,1-4H3,(H,23,24,26). The van der Waals surface area contributed by atoms with Crippen LogP contribution in [0.5, 0.6) is 11.5 Å². The summed E-state index contributed by atoms with van der Waals surface area (Å²) in [4.78, 5) is 23.4. The third kappa shape index (κ3) is 5.33. The molecule has 1 N–H and O–H groups in total. The van der Waals surface area contributed by atoms with Crippen LogP contribution >= 0.6 is 11.8 Å². The second kappa shape index (κ2) is 9.67. The molecule has 0 radical (unpaired) electrons. The van der Waals surface area contributed by atoms with E-state index in [1.54, 1.807) is 0 Å². The maximum Gasteiger partial charge on any atom is 0.241 e. The topological polar surface area (TPSA) is 80.2 Å². The summed E-state index contributed by atoms with van der Waals surface area (Å²) >= 11 is 1.30. The fraction of sp³-hybridized carbons (Fsp3) is 0.318. The lowest BCUT2D eigenvalue weighted by Gasteiger charge is -2.21. The molecule has 1 unspecified atom stereocenters. The lowest BCUT2D eigenvalue weighted by atomic mass is 10.1. The summed E-state index contributed by atoms with van der Waals surface area (Å²) in [5.74, 6) is 0.770. The van der Waals surface area contributed by atoms with Gasteiger partial charge in [0.1, 0.15) is 12.0 Å². The molecule has 0 spiro atoms. The van der Waals surface area contributed by atoms with Crippen LogP contribution < -0.4 is 14.8 Å². The van der Waals surface area contributed by atoms with Gasteiger partial charge in [-0.1, -0.05) is 47.7 Å². The van der Waals surface area contributed by atoms with Gasteiger partial charge >= 0.3 is 0 Å². The smallest absolute Gasteiger partial charge is 0.241 e. The van der Waals surface area contributed by atoms with Gasteiger partial charge in [-0.05, 0) is 37.1 Å². The van der Waals surface area contributed by atoms with Crippen LogP contribution in [-0.2, 0) is 16.2 Å². The SMILES string of the molecule is CCOc1cc(C2SC(NC(C)=O)=NN2C(C)=O)ccc1OCc1ccc(C)cc1. The van der Waals surface area contributed by atoms with Crippen LogP contribution in [0.15, 0.2) is 47.6 Å². The van der Waals surface area contributed by atoms with Crippen molar-refractivity contribution >= 4 is 28.7 Å². The summed E-state index contributed by atoms with van der Waals surface area (Å²) in [6.07, 6.45) is 0. The third-order valence-corrected chi connectivity index (χ3v) is 5.42. The van der Waals surface area contributed by atoms with E-state index in [-0.39, 0.29) is 11.8 Å². The van der Waals surface area contributed by atoms with Gasteiger partial charge in [0.25, 0.3) is 0 Å². The highest BCUT2D eigenvalue weighted by Gasteiger charge is 2.32. The molecule has 8 heteroatoms. The van der Waals surface area contributed by atoms with E-state index < -0.39 is 5.37 Å². The fourth-order valence-electron chi connectivity index (χ4n) is 2.89. The van der Waals surface area contributed by atoms with Crippen LogP contribution in [0, 0.1) is 6.92 Å². The van der Waals surface area contributed by atoms with E-state index in [0.717, 1.165) is 11.1 Å². The Balaban J connectivity index is 1.80. The molecule has 2 amide bonds. The molecule has 0 saturated carbocycles. The van der Waals surface area contributed by atoms with Crippen LogP contribution in [0.25, 0.3) is 0 Å². The van der Waals surface area contributed by atoms with Crippen molar-refractivity contribution in [3.8, 4) is 11.5 Å². The second-order valence-corrected chi connectivity index (χ2v) is 7.90. The Bertz CT molecular complexity index is 959. The summed E-state index contributed by atoms with van der Waals surface area (Å²) in [6, 6.07) is 13.7. The first-order valence-corrected chi connectivity index (χ1v) is 10.5. The minimum atomic E-state index is -0.394. The van der Waals surface area contributed by atoms with Crippen molar-refractivity contribution in [2.24, 2.45) is 5.10 Å². The first-order chi connectivity index (χ1) is 14.4. The minimum Gasteiger partial charge on any atom is -0.490 e. The number of nitrogens with one attached hydrogen (secondary N) is 1. The molecule has 3 rings (SSSR count). The highest BCUT2D eigenvalue weighted by molar-refractivity contribution is 8.14. The molecule has 1 heterocycles. The van der Waals surface area contributed by atoms with Gasteiger partial charge in [-0.2, -0.15) is 0 Å². The largest absolute Gasteiger partial charge is 0.490 e. The first-order valence-electron chi connectivity index (χ1n) is 9.65. The number of carbonyl (C=O) groups excluding carboxylic acids is 2. The van der Waals surface area contributed by atoms with Crippen molar-refractivity contribution < 1.29 is 19.1 Å². The molecule has 30 heavy (non-hydrogen) atoms. The lowest BCUT2D eigenvalue weighted by Crippen LogP contribution is -2.25. The number of carbonyl (C=O) groups is 2. The van der Waals surface area contributed by atoms with Crippen molar-refractivity contribution in [1.29, 1.82) is 0 Å². The highest BCUT2D eigenvalue weighted by atomic mass is 32.2. The van der Waals surface area contributed by atoms with Gasteiger partial charge in [-0.3, -0.25) is 9.59 Å². The minimum absolute atomic E-state index is 0.217. The van der Waals surface area contributed by atoms with Gasteiger partial charge in [-0.15, -0.1) is 5.10 Å². The third-order valence-electron chi connectivity index (χ3n) is 4.32. The Morgan fingerprint density at radius 3 is 2.47 bits per heavy atom. The van der Waals surface area contributed by atoms with E-state index in [2.05, 4.69) is 10.4 Å². The number of benzene rings is 2. The molecule has 0 aromatic heterocycles. The van der Waals surface area contributed by atoms with Crippen LogP contribution in [0.2, 0.25) is 0 Å². The van der Waals surface area contributed by atoms with Gasteiger partial charge in [0, 0.05) is 13.8 Å². The van der Waals surface area contributed by atoms with Crippen molar-refractivity contribution in [3.05, 3.63) is 59.2 Å². The molecule has 0 bridgehead atoms. The Hall–Kier alpha value is -3.00. The molecule has 0 saturated heterocycles. The lowest BCUT2D eigenvalue weighted by molar-refractivity contribution is -0.129. The maximum absolute atomic E-state index is 12.1. The molecule has 158 valence electrons. The summed E-state index contributed by atoms with van der Waals surface area (Å²) < 4.78 is 11.8. The normalized spacial score (nSPS) is 15.5. The van der Waals surface area contributed by atoms with Gasteiger partial charge in [0.15, 0.2) is 16.7 Å². The number of hydrazone groups is 1. The Kier molecular flexibility index (Phi) is 6.99. The summed E-state index contributed by atoms with van der Waals surface area (Å²) in [5.41, 5.74) is 3.09. The van der Waals surface area contributed by atoms with E-state index in [4.69, 9.17) is 9.47 Å². The Labute approximate surface area is 180 Å². The van der Waals surface area contributed by atoms with Gasteiger partial charge < -0.3 is 14.8 Å². The molecule has 7 nitrogen and oxygen atoms in total. The number of amidine groups is 1. The van der Waals surface area contributed by atoms with Crippen molar-refractivity contribution in [2.45, 2.75) is 39.7 Å². The Morgan fingerprint density at radius 1 is 1.10 bits per heavy atom. The zero-order chi connectivity index (χ0) is 21.7. The van der Waals surface area contributed by atoms with Gasteiger partial charge in [0.2, 0.25) is 11.8 Å². The first kappa shape index (κ1) is 21.7. The van der Waals surface area contributed by atoms with Crippen molar-refractivity contribution in [3.63, 3.8) is 0 Å². The quantitative estimate of drug-likeness (QED) is 0.754. The summed E-state index contributed by atoms with van der Waals surface area (Å²) in [7, 11) is 0. The number of rotatable bonds is 6. The van der Waals surface area contributed by atoms with Gasteiger partial charge in [-0.25, -0.2) is 5.01 Å². The molecule has 0 aliphatic carbocycles. The summed E-state index contributed by atoms with van der Waals surface area (Å²) in [5, 5.41) is 8.22. The molecular weight excluding hydrogens is 402 g/mol.